The van der Waals surface area contributed by atoms with E-state index in [1.165, 1.54) is 0 Å². The third-order valence-corrected chi connectivity index (χ3v) is 11.0. The van der Waals surface area contributed by atoms with Crippen molar-refractivity contribution in [2.45, 2.75) is 0 Å². The van der Waals surface area contributed by atoms with Gasteiger partial charge in [-0.1, -0.05) is 127 Å². The molecule has 0 spiro atoms. The predicted molar refractivity (Wildman–Crippen MR) is 229 cm³/mol. The smallest absolute Gasteiger partial charge is 0.164 e. The molecule has 12 aromatic rings. The average molecular weight is 732 g/mol. The lowest BCUT2D eigenvalue weighted by Crippen LogP contribution is -2.00. The fraction of sp³-hybridized carbons (Fsp3) is 0. The Bertz CT molecular complexity index is 3540. The van der Waals surface area contributed by atoms with Crippen molar-refractivity contribution in [2.75, 3.05) is 0 Å². The zero-order valence-corrected chi connectivity index (χ0v) is 30.3. The highest BCUT2D eigenvalue weighted by Gasteiger charge is 2.19. The van der Waals surface area contributed by atoms with E-state index in [-0.39, 0.29) is 0 Å². The number of rotatable bonds is 5. The van der Waals surface area contributed by atoms with E-state index < -0.39 is 0 Å². The average Bonchev–Trinajstić information content (AvgIpc) is 3.97. The number of aromatic nitrogens is 3. The van der Waals surface area contributed by atoms with Gasteiger partial charge in [0.1, 0.15) is 33.5 Å². The minimum atomic E-state index is 0.556. The monoisotopic (exact) mass is 731 g/mol. The van der Waals surface area contributed by atoms with E-state index >= 15 is 0 Å². The topological polar surface area (TPSA) is 78.1 Å². The fourth-order valence-electron chi connectivity index (χ4n) is 8.23. The van der Waals surface area contributed by atoms with Gasteiger partial charge < -0.3 is 13.3 Å². The summed E-state index contributed by atoms with van der Waals surface area (Å²) < 4.78 is 19.3. The van der Waals surface area contributed by atoms with E-state index in [0.29, 0.717) is 17.5 Å². The maximum atomic E-state index is 6.64. The van der Waals surface area contributed by atoms with Crippen LogP contribution in [0.25, 0.3) is 122 Å². The number of hydrogen-bond donors (Lipinski definition) is 0. The number of para-hydroxylation sites is 3. The summed E-state index contributed by atoms with van der Waals surface area (Å²) in [6, 6.07) is 59.9. The van der Waals surface area contributed by atoms with Gasteiger partial charge in [0.25, 0.3) is 0 Å². The second-order valence-corrected chi connectivity index (χ2v) is 14.3. The van der Waals surface area contributed by atoms with Crippen molar-refractivity contribution in [3.63, 3.8) is 0 Å². The second kappa shape index (κ2) is 12.3. The van der Waals surface area contributed by atoms with Crippen molar-refractivity contribution < 1.29 is 13.3 Å². The number of benzene rings is 8. The molecule has 0 amide bonds. The molecule has 4 heterocycles. The highest BCUT2D eigenvalue weighted by Crippen LogP contribution is 2.42. The van der Waals surface area contributed by atoms with Crippen LogP contribution in [0.15, 0.2) is 189 Å². The molecule has 6 heteroatoms. The quantitative estimate of drug-likeness (QED) is 0.175. The van der Waals surface area contributed by atoms with Gasteiger partial charge in [-0.15, -0.1) is 0 Å². The highest BCUT2D eigenvalue weighted by molar-refractivity contribution is 6.11. The third-order valence-electron chi connectivity index (χ3n) is 11.0. The SMILES string of the molecule is c1ccc(-c2nc(-c3ccc4c(c3)oc3ccccc34)nc(-c3ccc4c(c3)oc3cc(-c5ccccc5-c5cccc6c5oc5ccccc56)ccc34)n2)cc1. The molecule has 0 unspecified atom stereocenters. The van der Waals surface area contributed by atoms with Crippen LogP contribution in [0, 0.1) is 0 Å². The summed E-state index contributed by atoms with van der Waals surface area (Å²) in [5, 5.41) is 6.42. The Morgan fingerprint density at radius 3 is 1.37 bits per heavy atom. The predicted octanol–water partition coefficient (Wildman–Crippen LogP) is 13.9. The number of fused-ring (bicyclic) bond motifs is 9. The zero-order chi connectivity index (χ0) is 37.5. The number of furan rings is 3. The maximum Gasteiger partial charge on any atom is 0.164 e. The second-order valence-electron chi connectivity index (χ2n) is 14.3. The summed E-state index contributed by atoms with van der Waals surface area (Å²) in [7, 11) is 0. The lowest BCUT2D eigenvalue weighted by molar-refractivity contribution is 0.668. The van der Waals surface area contributed by atoms with Crippen LogP contribution in [0.3, 0.4) is 0 Å². The molecule has 4 aromatic heterocycles. The normalized spacial score (nSPS) is 11.9. The minimum Gasteiger partial charge on any atom is -0.456 e. The molecule has 0 saturated carbocycles. The van der Waals surface area contributed by atoms with Crippen LogP contribution in [-0.4, -0.2) is 15.0 Å². The molecule has 0 N–H and O–H groups in total. The molecule has 0 atom stereocenters. The molecule has 6 nitrogen and oxygen atoms in total. The van der Waals surface area contributed by atoms with Gasteiger partial charge in [0.15, 0.2) is 17.5 Å². The summed E-state index contributed by atoms with van der Waals surface area (Å²) in [5.74, 6) is 1.71. The van der Waals surface area contributed by atoms with Crippen LogP contribution < -0.4 is 0 Å². The van der Waals surface area contributed by atoms with E-state index in [0.717, 1.165) is 105 Å². The fourth-order valence-corrected chi connectivity index (χ4v) is 8.23. The van der Waals surface area contributed by atoms with Crippen LogP contribution in [0.1, 0.15) is 0 Å². The van der Waals surface area contributed by atoms with Gasteiger partial charge in [-0.25, -0.2) is 15.0 Å². The van der Waals surface area contributed by atoms with Crippen LogP contribution in [-0.2, 0) is 0 Å². The molecule has 57 heavy (non-hydrogen) atoms. The van der Waals surface area contributed by atoms with Gasteiger partial charge in [0.05, 0.1) is 0 Å². The van der Waals surface area contributed by atoms with Gasteiger partial charge in [-0.05, 0) is 65.2 Å². The molecule has 0 saturated heterocycles. The molecule has 0 bridgehead atoms. The Morgan fingerprint density at radius 1 is 0.263 bits per heavy atom. The van der Waals surface area contributed by atoms with Crippen molar-refractivity contribution in [1.29, 1.82) is 0 Å². The first-order chi connectivity index (χ1) is 28.2. The van der Waals surface area contributed by atoms with Crippen LogP contribution >= 0.6 is 0 Å². The third kappa shape index (κ3) is 5.08. The molecule has 8 aromatic carbocycles. The molecule has 0 aliphatic heterocycles. The Hall–Kier alpha value is -7.83. The Balaban J connectivity index is 0.964. The molecular formula is C51H29N3O3. The number of hydrogen-bond acceptors (Lipinski definition) is 6. The first-order valence-corrected chi connectivity index (χ1v) is 18.9. The molecule has 266 valence electrons. The van der Waals surface area contributed by atoms with E-state index in [4.69, 9.17) is 28.2 Å². The first kappa shape index (κ1) is 31.5. The van der Waals surface area contributed by atoms with Crippen molar-refractivity contribution in [3.05, 3.63) is 176 Å². The maximum absolute atomic E-state index is 6.64. The molecular weight excluding hydrogens is 703 g/mol. The Labute approximate surface area is 325 Å². The van der Waals surface area contributed by atoms with Gasteiger partial charge in [-0.2, -0.15) is 0 Å². The van der Waals surface area contributed by atoms with Gasteiger partial charge >= 0.3 is 0 Å². The summed E-state index contributed by atoms with van der Waals surface area (Å²) in [6.45, 7) is 0. The summed E-state index contributed by atoms with van der Waals surface area (Å²) in [5.41, 5.74) is 11.8. The van der Waals surface area contributed by atoms with Crippen molar-refractivity contribution in [1.82, 2.24) is 15.0 Å². The zero-order valence-electron chi connectivity index (χ0n) is 30.3. The summed E-state index contributed by atoms with van der Waals surface area (Å²) in [4.78, 5) is 15.0. The van der Waals surface area contributed by atoms with Gasteiger partial charge in [0, 0.05) is 54.6 Å². The van der Waals surface area contributed by atoms with Crippen LogP contribution in [0.4, 0.5) is 0 Å². The molecule has 0 radical (unpaired) electrons. The van der Waals surface area contributed by atoms with Crippen LogP contribution in [0.5, 0.6) is 0 Å². The standard InChI is InChI=1S/C51H29N3O3/c1-2-11-30(12-3-1)49-52-50(32-22-25-38-36-15-6-8-19-43(36)55-46(38)28-32)54-51(53-49)33-23-26-40-39-24-21-31(27-45(39)56-47(40)29-33)34-13-4-5-14-35(34)41-17-10-18-42-37-16-7-9-20-44(37)57-48(41)42/h1-29H. The first-order valence-electron chi connectivity index (χ1n) is 18.9. The summed E-state index contributed by atoms with van der Waals surface area (Å²) in [6.07, 6.45) is 0. The van der Waals surface area contributed by atoms with Crippen molar-refractivity contribution in [2.24, 2.45) is 0 Å². The summed E-state index contributed by atoms with van der Waals surface area (Å²) >= 11 is 0. The Kier molecular flexibility index (Phi) is 6.83. The highest BCUT2D eigenvalue weighted by atomic mass is 16.3. The van der Waals surface area contributed by atoms with Crippen molar-refractivity contribution >= 4 is 65.8 Å². The minimum absolute atomic E-state index is 0.556. The van der Waals surface area contributed by atoms with Crippen LogP contribution in [0.2, 0.25) is 0 Å². The molecule has 0 aliphatic rings. The van der Waals surface area contributed by atoms with E-state index in [1.54, 1.807) is 0 Å². The largest absolute Gasteiger partial charge is 0.456 e. The lowest BCUT2D eigenvalue weighted by atomic mass is 9.93. The molecule has 0 fully saturated rings. The number of nitrogens with zero attached hydrogens (tertiary/aromatic N) is 3. The lowest BCUT2D eigenvalue weighted by Gasteiger charge is -2.11. The van der Waals surface area contributed by atoms with Gasteiger partial charge in [0.2, 0.25) is 0 Å². The van der Waals surface area contributed by atoms with Crippen molar-refractivity contribution in [3.8, 4) is 56.4 Å². The van der Waals surface area contributed by atoms with E-state index in [1.807, 2.05) is 78.9 Å². The molecule has 0 aliphatic carbocycles. The van der Waals surface area contributed by atoms with E-state index in [2.05, 4.69) is 97.1 Å². The Morgan fingerprint density at radius 2 is 0.702 bits per heavy atom. The van der Waals surface area contributed by atoms with E-state index in [9.17, 15) is 0 Å². The van der Waals surface area contributed by atoms with Gasteiger partial charge in [-0.3, -0.25) is 0 Å². The molecule has 12 rings (SSSR count).